The van der Waals surface area contributed by atoms with E-state index in [9.17, 15) is 14.0 Å². The van der Waals surface area contributed by atoms with Gasteiger partial charge in [0.25, 0.3) is 0 Å². The van der Waals surface area contributed by atoms with Gasteiger partial charge in [-0.3, -0.25) is 9.59 Å². The minimum Gasteiger partial charge on any atom is -0.336 e. The summed E-state index contributed by atoms with van der Waals surface area (Å²) in [6.07, 6.45) is 3.25. The summed E-state index contributed by atoms with van der Waals surface area (Å²) in [6.45, 7) is 3.06. The maximum absolute atomic E-state index is 13.3. The fraction of sp³-hybridized carbons (Fsp3) is 0.286. The Balaban J connectivity index is 2.41. The molecule has 0 aliphatic heterocycles. The molecule has 2 aromatic rings. The van der Waals surface area contributed by atoms with Gasteiger partial charge in [0.05, 0.1) is 11.6 Å². The second-order valence-corrected chi connectivity index (χ2v) is 4.54. The molecule has 0 aromatic carbocycles. The van der Waals surface area contributed by atoms with Gasteiger partial charge in [-0.1, -0.05) is 0 Å². The van der Waals surface area contributed by atoms with Crippen LogP contribution in [0.25, 0.3) is 5.52 Å². The lowest BCUT2D eigenvalue weighted by molar-refractivity contribution is -0.128. The van der Waals surface area contributed by atoms with Crippen molar-refractivity contribution in [3.63, 3.8) is 0 Å². The molecule has 2 aromatic heterocycles. The van der Waals surface area contributed by atoms with Gasteiger partial charge in [-0.15, -0.1) is 0 Å². The highest BCUT2D eigenvalue weighted by Gasteiger charge is 2.23. The zero-order chi connectivity index (χ0) is 14.2. The summed E-state index contributed by atoms with van der Waals surface area (Å²) in [5.41, 5.74) is 0.925. The van der Waals surface area contributed by atoms with E-state index < -0.39 is 11.9 Å². The minimum absolute atomic E-state index is 0.185. The Hall–Kier alpha value is -2.17. The van der Waals surface area contributed by atoms with Crippen molar-refractivity contribution in [2.45, 2.75) is 19.9 Å². The van der Waals surface area contributed by atoms with Crippen LogP contribution in [-0.2, 0) is 4.79 Å². The van der Waals surface area contributed by atoms with Crippen molar-refractivity contribution in [3.8, 4) is 0 Å². The SMILES string of the molecule is CC(=O)N(C)C(C)C(=O)c1ccn2ccc(F)cc12. The lowest BCUT2D eigenvalue weighted by atomic mass is 10.1. The smallest absolute Gasteiger partial charge is 0.219 e. The zero-order valence-electron chi connectivity index (χ0n) is 11.1. The van der Waals surface area contributed by atoms with Crippen molar-refractivity contribution >= 4 is 17.2 Å². The number of Topliss-reactive ketones (excluding diaryl/α,β-unsaturated/α-hetero) is 1. The van der Waals surface area contributed by atoms with E-state index in [0.717, 1.165) is 0 Å². The molecule has 1 atom stereocenters. The predicted molar refractivity (Wildman–Crippen MR) is 69.6 cm³/mol. The van der Waals surface area contributed by atoms with E-state index in [-0.39, 0.29) is 11.7 Å². The molecule has 0 spiro atoms. The predicted octanol–water partition coefficient (Wildman–Crippen LogP) is 2.13. The number of rotatable bonds is 3. The molecule has 2 heterocycles. The van der Waals surface area contributed by atoms with Gasteiger partial charge in [-0.25, -0.2) is 4.39 Å². The summed E-state index contributed by atoms with van der Waals surface area (Å²) in [7, 11) is 1.57. The number of amides is 1. The number of carbonyl (C=O) groups excluding carboxylic acids is 2. The summed E-state index contributed by atoms with van der Waals surface area (Å²) in [4.78, 5) is 25.0. The average Bonchev–Trinajstić information content (AvgIpc) is 2.78. The van der Waals surface area contributed by atoms with Gasteiger partial charge in [0.1, 0.15) is 5.82 Å². The van der Waals surface area contributed by atoms with Crippen LogP contribution in [0.2, 0.25) is 0 Å². The maximum atomic E-state index is 13.3. The van der Waals surface area contributed by atoms with Crippen LogP contribution in [-0.4, -0.2) is 34.1 Å². The number of hydrogen-bond acceptors (Lipinski definition) is 2. The van der Waals surface area contributed by atoms with Crippen molar-refractivity contribution in [3.05, 3.63) is 42.0 Å². The van der Waals surface area contributed by atoms with E-state index in [1.54, 1.807) is 36.8 Å². The molecule has 1 amide bonds. The Kier molecular flexibility index (Phi) is 3.38. The Bertz CT molecular complexity index is 648. The van der Waals surface area contributed by atoms with Crippen LogP contribution in [0.3, 0.4) is 0 Å². The highest BCUT2D eigenvalue weighted by Crippen LogP contribution is 2.17. The van der Waals surface area contributed by atoms with Crippen LogP contribution in [0.1, 0.15) is 24.2 Å². The molecule has 0 N–H and O–H groups in total. The Morgan fingerprint density at radius 1 is 1.32 bits per heavy atom. The number of fused-ring (bicyclic) bond motifs is 1. The van der Waals surface area contributed by atoms with E-state index in [4.69, 9.17) is 0 Å². The van der Waals surface area contributed by atoms with Crippen molar-refractivity contribution in [1.82, 2.24) is 9.30 Å². The topological polar surface area (TPSA) is 41.8 Å². The molecule has 0 saturated heterocycles. The Morgan fingerprint density at radius 3 is 2.58 bits per heavy atom. The first-order valence-electron chi connectivity index (χ1n) is 5.95. The van der Waals surface area contributed by atoms with Gasteiger partial charge in [0, 0.05) is 31.9 Å². The molecule has 100 valence electrons. The second-order valence-electron chi connectivity index (χ2n) is 4.54. The minimum atomic E-state index is -0.577. The number of nitrogens with zero attached hydrogens (tertiary/aromatic N) is 2. The lowest BCUT2D eigenvalue weighted by Crippen LogP contribution is -2.39. The average molecular weight is 262 g/mol. The highest BCUT2D eigenvalue weighted by molar-refractivity contribution is 6.06. The van der Waals surface area contributed by atoms with Gasteiger partial charge < -0.3 is 9.30 Å². The second kappa shape index (κ2) is 4.84. The Morgan fingerprint density at radius 2 is 1.95 bits per heavy atom. The molecule has 0 fully saturated rings. The van der Waals surface area contributed by atoms with Gasteiger partial charge in [-0.2, -0.15) is 0 Å². The molecule has 5 heteroatoms. The van der Waals surface area contributed by atoms with Crippen LogP contribution >= 0.6 is 0 Å². The van der Waals surface area contributed by atoms with Crippen LogP contribution in [0.15, 0.2) is 30.6 Å². The normalized spacial score (nSPS) is 12.4. The first-order chi connectivity index (χ1) is 8.91. The summed E-state index contributed by atoms with van der Waals surface area (Å²) in [5.74, 6) is -0.783. The number of halogens is 1. The van der Waals surface area contributed by atoms with Crippen molar-refractivity contribution < 1.29 is 14.0 Å². The summed E-state index contributed by atoms with van der Waals surface area (Å²) in [6, 6.07) is 3.70. The quantitative estimate of drug-likeness (QED) is 0.795. The molecule has 0 saturated carbocycles. The summed E-state index contributed by atoms with van der Waals surface area (Å²) >= 11 is 0. The van der Waals surface area contributed by atoms with Crippen molar-refractivity contribution in [2.75, 3.05) is 7.05 Å². The van der Waals surface area contributed by atoms with Crippen LogP contribution in [0, 0.1) is 5.82 Å². The summed E-state index contributed by atoms with van der Waals surface area (Å²) in [5, 5.41) is 0. The standard InChI is InChI=1S/C14H15FN2O2/c1-9(16(3)10(2)18)14(19)12-5-7-17-6-4-11(15)8-13(12)17/h4-9H,1-3H3. The fourth-order valence-electron chi connectivity index (χ4n) is 1.95. The van der Waals surface area contributed by atoms with Crippen molar-refractivity contribution in [2.24, 2.45) is 0 Å². The third-order valence-electron chi connectivity index (χ3n) is 3.35. The molecule has 4 nitrogen and oxygen atoms in total. The first-order valence-corrected chi connectivity index (χ1v) is 5.95. The zero-order valence-corrected chi connectivity index (χ0v) is 11.1. The van der Waals surface area contributed by atoms with Crippen molar-refractivity contribution in [1.29, 1.82) is 0 Å². The molecule has 1 unspecified atom stereocenters. The molecule has 0 aliphatic rings. The maximum Gasteiger partial charge on any atom is 0.219 e. The van der Waals surface area contributed by atoms with Crippen LogP contribution in [0.5, 0.6) is 0 Å². The fourth-order valence-corrected chi connectivity index (χ4v) is 1.95. The van der Waals surface area contributed by atoms with Crippen LogP contribution in [0.4, 0.5) is 4.39 Å². The first kappa shape index (κ1) is 13.3. The van der Waals surface area contributed by atoms with E-state index in [1.165, 1.54) is 24.0 Å². The van der Waals surface area contributed by atoms with E-state index in [2.05, 4.69) is 0 Å². The lowest BCUT2D eigenvalue weighted by Gasteiger charge is -2.22. The van der Waals surface area contributed by atoms with Gasteiger partial charge in [0.2, 0.25) is 5.91 Å². The van der Waals surface area contributed by atoms with Gasteiger partial charge >= 0.3 is 0 Å². The third-order valence-corrected chi connectivity index (χ3v) is 3.35. The molecule has 0 bridgehead atoms. The number of ketones is 1. The molecular formula is C14H15FN2O2. The molecule has 2 rings (SSSR count). The number of carbonyl (C=O) groups is 2. The van der Waals surface area contributed by atoms with Gasteiger partial charge in [0.15, 0.2) is 5.78 Å². The van der Waals surface area contributed by atoms with E-state index in [1.807, 2.05) is 0 Å². The van der Waals surface area contributed by atoms with E-state index >= 15 is 0 Å². The summed E-state index contributed by atoms with van der Waals surface area (Å²) < 4.78 is 14.9. The molecule has 0 radical (unpaired) electrons. The number of hydrogen-bond donors (Lipinski definition) is 0. The van der Waals surface area contributed by atoms with E-state index in [0.29, 0.717) is 11.1 Å². The largest absolute Gasteiger partial charge is 0.336 e. The van der Waals surface area contributed by atoms with Crippen LogP contribution < -0.4 is 0 Å². The number of aromatic nitrogens is 1. The third kappa shape index (κ3) is 2.36. The monoisotopic (exact) mass is 262 g/mol. The molecular weight excluding hydrogens is 247 g/mol. The number of pyridine rings is 1. The highest BCUT2D eigenvalue weighted by atomic mass is 19.1. The molecule has 19 heavy (non-hydrogen) atoms. The number of likely N-dealkylation sites (N-methyl/N-ethyl adjacent to an activating group) is 1. The molecule has 0 aliphatic carbocycles. The Labute approximate surface area is 110 Å². The van der Waals surface area contributed by atoms with Gasteiger partial charge in [-0.05, 0) is 25.1 Å².